The number of amidine groups is 1. The van der Waals surface area contributed by atoms with Gasteiger partial charge in [-0.05, 0) is 12.1 Å². The summed E-state index contributed by atoms with van der Waals surface area (Å²) in [4.78, 5) is 10.5. The van der Waals surface area contributed by atoms with Crippen molar-refractivity contribution < 1.29 is 22.3 Å². The molecule has 4 rings (SSSR count). The summed E-state index contributed by atoms with van der Waals surface area (Å²) >= 11 is 1.36. The van der Waals surface area contributed by atoms with Crippen LogP contribution in [0.3, 0.4) is 0 Å². The minimum absolute atomic E-state index is 0.112. The molecule has 10 heteroatoms. The lowest BCUT2D eigenvalue weighted by molar-refractivity contribution is -0.137. The van der Waals surface area contributed by atoms with E-state index in [0.717, 1.165) is 12.1 Å². The number of methoxy groups -OCH3 is 1. The van der Waals surface area contributed by atoms with Crippen molar-refractivity contribution in [1.82, 2.24) is 4.98 Å². The third-order valence-electron chi connectivity index (χ3n) is 5.28. The molecule has 0 radical (unpaired) electrons. The first-order chi connectivity index (χ1) is 13.7. The molecule has 0 amide bonds. The van der Waals surface area contributed by atoms with Crippen molar-refractivity contribution in [2.45, 2.75) is 11.7 Å². The van der Waals surface area contributed by atoms with Crippen LogP contribution in [0.15, 0.2) is 41.4 Å². The minimum Gasteiger partial charge on any atom is -0.481 e. The Hall–Kier alpha value is -2.49. The standard InChI is InChI=1S/C19H18F4N4OS/c1-28-16-7-11(19(21,22)23)6-15(25-16)27-8-12-9-29-17(24)26-18(12,10-27)13-4-2-3-5-14(13)20/h2-7,12H,8-10H2,1H3,(H2,24,26). The number of halogens is 4. The predicted octanol–water partition coefficient (Wildman–Crippen LogP) is 3.64. The smallest absolute Gasteiger partial charge is 0.416 e. The number of nitrogens with zero attached hydrogens (tertiary/aromatic N) is 3. The SMILES string of the molecule is COc1cc(C(F)(F)F)cc(N2CC3CSC(N)=NC3(c3ccccc3F)C2)n1. The van der Waals surface area contributed by atoms with Gasteiger partial charge in [-0.15, -0.1) is 0 Å². The summed E-state index contributed by atoms with van der Waals surface area (Å²) in [6, 6.07) is 8.13. The Kier molecular flexibility index (Phi) is 4.84. The number of fused-ring (bicyclic) bond motifs is 1. The monoisotopic (exact) mass is 426 g/mol. The molecule has 1 aromatic heterocycles. The molecular weight excluding hydrogens is 408 g/mol. The van der Waals surface area contributed by atoms with E-state index in [0.29, 0.717) is 23.0 Å². The van der Waals surface area contributed by atoms with Crippen LogP contribution in [0.4, 0.5) is 23.4 Å². The zero-order valence-electron chi connectivity index (χ0n) is 15.4. The number of thioether (sulfide) groups is 1. The van der Waals surface area contributed by atoms with Gasteiger partial charge in [0.2, 0.25) is 5.88 Å². The van der Waals surface area contributed by atoms with Crippen molar-refractivity contribution in [3.05, 3.63) is 53.3 Å². The summed E-state index contributed by atoms with van der Waals surface area (Å²) in [6.07, 6.45) is -4.54. The number of alkyl halides is 3. The molecule has 2 aliphatic heterocycles. The highest BCUT2D eigenvalue weighted by atomic mass is 32.2. The number of nitrogens with two attached hydrogens (primary N) is 1. The van der Waals surface area contributed by atoms with Crippen LogP contribution in [0.1, 0.15) is 11.1 Å². The number of rotatable bonds is 3. The average Bonchev–Trinajstić information content (AvgIpc) is 3.07. The summed E-state index contributed by atoms with van der Waals surface area (Å²) in [5.41, 5.74) is 4.51. The van der Waals surface area contributed by atoms with Gasteiger partial charge in [-0.1, -0.05) is 30.0 Å². The lowest BCUT2D eigenvalue weighted by Crippen LogP contribution is -2.40. The number of ether oxygens (including phenoxy) is 1. The molecule has 0 saturated carbocycles. The molecule has 2 unspecified atom stereocenters. The van der Waals surface area contributed by atoms with Crippen molar-refractivity contribution in [2.75, 3.05) is 30.9 Å². The molecule has 5 nitrogen and oxygen atoms in total. The Morgan fingerprint density at radius 2 is 2.03 bits per heavy atom. The highest BCUT2D eigenvalue weighted by Gasteiger charge is 2.51. The van der Waals surface area contributed by atoms with E-state index in [-0.39, 0.29) is 24.2 Å². The molecule has 2 aliphatic rings. The Morgan fingerprint density at radius 1 is 1.28 bits per heavy atom. The van der Waals surface area contributed by atoms with Gasteiger partial charge in [0, 0.05) is 36.4 Å². The molecule has 0 aliphatic carbocycles. The van der Waals surface area contributed by atoms with Crippen LogP contribution in [0.25, 0.3) is 0 Å². The van der Waals surface area contributed by atoms with E-state index in [1.54, 1.807) is 23.1 Å². The number of aromatic nitrogens is 1. The van der Waals surface area contributed by atoms with Crippen molar-refractivity contribution >= 4 is 22.7 Å². The number of anilines is 1. The molecule has 3 heterocycles. The number of hydrogen-bond donors (Lipinski definition) is 1. The van der Waals surface area contributed by atoms with Crippen LogP contribution in [0, 0.1) is 11.7 Å². The molecule has 2 atom stereocenters. The van der Waals surface area contributed by atoms with Crippen LogP contribution < -0.4 is 15.4 Å². The average molecular weight is 426 g/mol. The van der Waals surface area contributed by atoms with E-state index in [1.807, 2.05) is 0 Å². The van der Waals surface area contributed by atoms with Crippen LogP contribution in [0.2, 0.25) is 0 Å². The van der Waals surface area contributed by atoms with Crippen LogP contribution in [0.5, 0.6) is 5.88 Å². The van der Waals surface area contributed by atoms with Gasteiger partial charge in [0.05, 0.1) is 12.7 Å². The lowest BCUT2D eigenvalue weighted by atomic mass is 9.81. The van der Waals surface area contributed by atoms with Gasteiger partial charge in [0.15, 0.2) is 5.17 Å². The Balaban J connectivity index is 1.79. The number of hydrogen-bond acceptors (Lipinski definition) is 6. The normalized spacial score (nSPS) is 24.2. The maximum atomic E-state index is 14.7. The minimum atomic E-state index is -4.54. The van der Waals surface area contributed by atoms with E-state index >= 15 is 0 Å². The van der Waals surface area contributed by atoms with Crippen molar-refractivity contribution in [2.24, 2.45) is 16.6 Å². The third kappa shape index (κ3) is 3.50. The Bertz CT molecular complexity index is 967. The molecule has 1 saturated heterocycles. The fourth-order valence-electron chi connectivity index (χ4n) is 3.91. The number of pyridine rings is 1. The van der Waals surface area contributed by atoms with Crippen LogP contribution >= 0.6 is 11.8 Å². The van der Waals surface area contributed by atoms with E-state index < -0.39 is 23.1 Å². The zero-order valence-corrected chi connectivity index (χ0v) is 16.2. The van der Waals surface area contributed by atoms with E-state index in [1.165, 1.54) is 24.9 Å². The largest absolute Gasteiger partial charge is 0.481 e. The van der Waals surface area contributed by atoms with Crippen molar-refractivity contribution in [3.8, 4) is 5.88 Å². The van der Waals surface area contributed by atoms with Crippen LogP contribution in [-0.2, 0) is 11.7 Å². The maximum Gasteiger partial charge on any atom is 0.416 e. The highest BCUT2D eigenvalue weighted by Crippen LogP contribution is 2.47. The van der Waals surface area contributed by atoms with Gasteiger partial charge in [-0.25, -0.2) is 9.38 Å². The first-order valence-corrected chi connectivity index (χ1v) is 9.83. The van der Waals surface area contributed by atoms with E-state index in [2.05, 4.69) is 9.98 Å². The molecule has 2 aromatic rings. The Labute approximate surface area is 169 Å². The molecule has 0 bridgehead atoms. The quantitative estimate of drug-likeness (QED) is 0.760. The van der Waals surface area contributed by atoms with E-state index in [4.69, 9.17) is 10.5 Å². The molecule has 2 N–H and O–H groups in total. The molecule has 29 heavy (non-hydrogen) atoms. The maximum absolute atomic E-state index is 14.7. The first kappa shape index (κ1) is 19.8. The summed E-state index contributed by atoms with van der Waals surface area (Å²) < 4.78 is 59.6. The van der Waals surface area contributed by atoms with Gasteiger partial charge in [0.1, 0.15) is 17.2 Å². The molecule has 1 aromatic carbocycles. The van der Waals surface area contributed by atoms with Crippen molar-refractivity contribution in [1.29, 1.82) is 0 Å². The fourth-order valence-corrected chi connectivity index (χ4v) is 4.89. The lowest BCUT2D eigenvalue weighted by Gasteiger charge is -2.34. The second kappa shape index (κ2) is 7.08. The van der Waals surface area contributed by atoms with Gasteiger partial charge in [-0.2, -0.15) is 18.2 Å². The van der Waals surface area contributed by atoms with E-state index in [9.17, 15) is 17.6 Å². The third-order valence-corrected chi connectivity index (χ3v) is 6.24. The first-order valence-electron chi connectivity index (χ1n) is 8.84. The second-order valence-electron chi connectivity index (χ2n) is 7.00. The molecule has 154 valence electrons. The predicted molar refractivity (Wildman–Crippen MR) is 104 cm³/mol. The van der Waals surface area contributed by atoms with Gasteiger partial charge in [0.25, 0.3) is 0 Å². The molecule has 0 spiro atoms. The van der Waals surface area contributed by atoms with Gasteiger partial charge < -0.3 is 15.4 Å². The summed E-state index contributed by atoms with van der Waals surface area (Å²) in [5.74, 6) is -0.00462. The second-order valence-corrected chi connectivity index (χ2v) is 8.04. The summed E-state index contributed by atoms with van der Waals surface area (Å²) in [5, 5.41) is 0.334. The number of aliphatic imine (C=N–C) groups is 1. The highest BCUT2D eigenvalue weighted by molar-refractivity contribution is 8.13. The summed E-state index contributed by atoms with van der Waals surface area (Å²) in [7, 11) is 1.26. The van der Waals surface area contributed by atoms with Crippen molar-refractivity contribution in [3.63, 3.8) is 0 Å². The zero-order chi connectivity index (χ0) is 20.8. The molecular formula is C19H18F4N4OS. The summed E-state index contributed by atoms with van der Waals surface area (Å²) in [6.45, 7) is 0.535. The Morgan fingerprint density at radius 3 is 2.72 bits per heavy atom. The topological polar surface area (TPSA) is 63.7 Å². The van der Waals surface area contributed by atoms with Gasteiger partial charge >= 0.3 is 6.18 Å². The van der Waals surface area contributed by atoms with Crippen LogP contribution in [-0.4, -0.2) is 36.1 Å². The number of benzene rings is 1. The molecule has 1 fully saturated rings. The van der Waals surface area contributed by atoms with Gasteiger partial charge in [-0.3, -0.25) is 0 Å². The fraction of sp³-hybridized carbons (Fsp3) is 0.368.